The molecule has 134 valence electrons. The number of aliphatic hydroxyl groups excluding tert-OH is 1. The highest BCUT2D eigenvalue weighted by Gasteiger charge is 2.19. The topological polar surface area (TPSA) is 66.4 Å². The van der Waals surface area contributed by atoms with Gasteiger partial charge in [-0.05, 0) is 12.2 Å². The molecule has 0 saturated carbocycles. The molecule has 0 aliphatic carbocycles. The number of methoxy groups -OCH3 is 3. The van der Waals surface area contributed by atoms with E-state index in [2.05, 4.69) is 15.1 Å². The Labute approximate surface area is 148 Å². The van der Waals surface area contributed by atoms with Gasteiger partial charge in [0.1, 0.15) is 0 Å². The number of β-amino-alcohol motifs (C(OH)–C–C–N with tert-alkyl or cyclic N) is 1. The first-order valence-electron chi connectivity index (χ1n) is 7.82. The summed E-state index contributed by atoms with van der Waals surface area (Å²) in [6.45, 7) is 4.33. The van der Waals surface area contributed by atoms with Crippen LogP contribution < -0.4 is 19.5 Å². The fraction of sp³-hybridized carbons (Fsp3) is 0.562. The van der Waals surface area contributed by atoms with Gasteiger partial charge in [0.15, 0.2) is 16.6 Å². The monoisotopic (exact) mass is 355 g/mol. The van der Waals surface area contributed by atoms with Gasteiger partial charge in [0.05, 0.1) is 27.9 Å². The van der Waals surface area contributed by atoms with E-state index in [4.69, 9.17) is 31.5 Å². The average molecular weight is 355 g/mol. The molecule has 0 bridgehead atoms. The minimum Gasteiger partial charge on any atom is -0.493 e. The van der Waals surface area contributed by atoms with E-state index in [1.807, 2.05) is 12.1 Å². The Morgan fingerprint density at radius 1 is 1.08 bits per heavy atom. The summed E-state index contributed by atoms with van der Waals surface area (Å²) in [6, 6.07) is 3.66. The van der Waals surface area contributed by atoms with Gasteiger partial charge in [-0.3, -0.25) is 4.90 Å². The van der Waals surface area contributed by atoms with E-state index in [9.17, 15) is 0 Å². The molecule has 0 atom stereocenters. The predicted octanol–water partition coefficient (Wildman–Crippen LogP) is 1.02. The summed E-state index contributed by atoms with van der Waals surface area (Å²) in [6.07, 6.45) is 0. The standard InChI is InChI=1S/C16H25N3O4S/c1-21-13-10-12(11-14(22-2)15(13)23-3)17-16(24)19-6-4-18(5-7-19)8-9-20/h10-11,20H,4-9H2,1-3H3,(H,17,24). The number of nitrogens with zero attached hydrogens (tertiary/aromatic N) is 2. The Morgan fingerprint density at radius 3 is 2.12 bits per heavy atom. The van der Waals surface area contributed by atoms with Gasteiger partial charge < -0.3 is 29.5 Å². The molecule has 1 aliphatic heterocycles. The molecule has 0 amide bonds. The van der Waals surface area contributed by atoms with Crippen molar-refractivity contribution in [1.29, 1.82) is 0 Å². The van der Waals surface area contributed by atoms with Gasteiger partial charge in [0, 0.05) is 50.5 Å². The zero-order chi connectivity index (χ0) is 17.5. The van der Waals surface area contributed by atoms with Crippen molar-refractivity contribution in [3.63, 3.8) is 0 Å². The molecule has 1 aromatic rings. The molecule has 2 N–H and O–H groups in total. The van der Waals surface area contributed by atoms with Gasteiger partial charge in [0.25, 0.3) is 0 Å². The molecule has 2 rings (SSSR count). The van der Waals surface area contributed by atoms with Crippen molar-refractivity contribution in [3.05, 3.63) is 12.1 Å². The fourth-order valence-electron chi connectivity index (χ4n) is 2.67. The smallest absolute Gasteiger partial charge is 0.203 e. The molecule has 1 fully saturated rings. The summed E-state index contributed by atoms with van der Waals surface area (Å²) in [4.78, 5) is 4.34. The number of ether oxygens (including phenoxy) is 3. The van der Waals surface area contributed by atoms with Crippen LogP contribution in [0.1, 0.15) is 0 Å². The van der Waals surface area contributed by atoms with Crippen molar-refractivity contribution < 1.29 is 19.3 Å². The van der Waals surface area contributed by atoms with Gasteiger partial charge in [-0.2, -0.15) is 0 Å². The number of benzene rings is 1. The second-order valence-corrected chi connectivity index (χ2v) is 5.78. The van der Waals surface area contributed by atoms with Crippen LogP contribution >= 0.6 is 12.2 Å². The van der Waals surface area contributed by atoms with Crippen molar-refractivity contribution >= 4 is 23.0 Å². The van der Waals surface area contributed by atoms with Crippen LogP contribution in [0, 0.1) is 0 Å². The van der Waals surface area contributed by atoms with Crippen LogP contribution in [0.3, 0.4) is 0 Å². The second kappa shape index (κ2) is 8.91. The zero-order valence-corrected chi connectivity index (χ0v) is 15.2. The molecule has 1 saturated heterocycles. The van der Waals surface area contributed by atoms with E-state index in [0.29, 0.717) is 28.9 Å². The largest absolute Gasteiger partial charge is 0.493 e. The lowest BCUT2D eigenvalue weighted by molar-refractivity contribution is 0.148. The average Bonchev–Trinajstić information content (AvgIpc) is 2.61. The molecular formula is C16H25N3O4S. The maximum absolute atomic E-state index is 9.00. The van der Waals surface area contributed by atoms with Crippen LogP contribution in [0.25, 0.3) is 0 Å². The van der Waals surface area contributed by atoms with Gasteiger partial charge in [-0.1, -0.05) is 0 Å². The molecule has 0 spiro atoms. The molecule has 8 heteroatoms. The van der Waals surface area contributed by atoms with Crippen molar-refractivity contribution in [2.24, 2.45) is 0 Å². The first-order valence-corrected chi connectivity index (χ1v) is 8.23. The van der Waals surface area contributed by atoms with Crippen LogP contribution in [0.5, 0.6) is 17.2 Å². The van der Waals surface area contributed by atoms with E-state index in [1.165, 1.54) is 0 Å². The third-order valence-electron chi connectivity index (χ3n) is 3.99. The summed E-state index contributed by atoms with van der Waals surface area (Å²) in [5.41, 5.74) is 0.785. The Balaban J connectivity index is 2.04. The van der Waals surface area contributed by atoms with Gasteiger partial charge in [0.2, 0.25) is 5.75 Å². The summed E-state index contributed by atoms with van der Waals surface area (Å²) < 4.78 is 16.0. The zero-order valence-electron chi connectivity index (χ0n) is 14.4. The first-order chi connectivity index (χ1) is 11.6. The normalized spacial score (nSPS) is 15.1. The Morgan fingerprint density at radius 2 is 1.67 bits per heavy atom. The van der Waals surface area contributed by atoms with E-state index in [-0.39, 0.29) is 6.61 Å². The quantitative estimate of drug-likeness (QED) is 0.734. The molecule has 0 radical (unpaired) electrons. The van der Waals surface area contributed by atoms with Crippen molar-refractivity contribution in [3.8, 4) is 17.2 Å². The number of aliphatic hydroxyl groups is 1. The lowest BCUT2D eigenvalue weighted by atomic mass is 10.2. The number of piperazine rings is 1. The second-order valence-electron chi connectivity index (χ2n) is 5.40. The number of thiocarbonyl (C=S) groups is 1. The molecular weight excluding hydrogens is 330 g/mol. The third kappa shape index (κ3) is 4.40. The number of rotatable bonds is 6. The summed E-state index contributed by atoms with van der Waals surface area (Å²) >= 11 is 5.51. The van der Waals surface area contributed by atoms with Crippen molar-refractivity contribution in [1.82, 2.24) is 9.80 Å². The molecule has 0 unspecified atom stereocenters. The van der Waals surface area contributed by atoms with Gasteiger partial charge >= 0.3 is 0 Å². The van der Waals surface area contributed by atoms with Crippen LogP contribution in [0.15, 0.2) is 12.1 Å². The summed E-state index contributed by atoms with van der Waals surface area (Å²) in [7, 11) is 4.74. The Bertz CT molecular complexity index is 537. The van der Waals surface area contributed by atoms with E-state index >= 15 is 0 Å². The van der Waals surface area contributed by atoms with Crippen LogP contribution in [0.2, 0.25) is 0 Å². The van der Waals surface area contributed by atoms with Crippen molar-refractivity contribution in [2.75, 3.05) is 66.0 Å². The molecule has 7 nitrogen and oxygen atoms in total. The van der Waals surface area contributed by atoms with Crippen LogP contribution in [0.4, 0.5) is 5.69 Å². The predicted molar refractivity (Wildman–Crippen MR) is 97.4 cm³/mol. The van der Waals surface area contributed by atoms with Crippen molar-refractivity contribution in [2.45, 2.75) is 0 Å². The highest BCUT2D eigenvalue weighted by molar-refractivity contribution is 7.80. The molecule has 1 aliphatic rings. The van der Waals surface area contributed by atoms with Crippen LogP contribution in [-0.4, -0.2) is 80.7 Å². The minimum atomic E-state index is 0.189. The highest BCUT2D eigenvalue weighted by atomic mass is 32.1. The van der Waals surface area contributed by atoms with E-state index < -0.39 is 0 Å². The minimum absolute atomic E-state index is 0.189. The SMILES string of the molecule is COc1cc(NC(=S)N2CCN(CCO)CC2)cc(OC)c1OC. The summed E-state index contributed by atoms with van der Waals surface area (Å²) in [5.74, 6) is 1.71. The van der Waals surface area contributed by atoms with Crippen LogP contribution in [-0.2, 0) is 0 Å². The molecule has 24 heavy (non-hydrogen) atoms. The fourth-order valence-corrected chi connectivity index (χ4v) is 2.97. The number of hydrogen-bond donors (Lipinski definition) is 2. The molecule has 0 aromatic heterocycles. The maximum atomic E-state index is 9.00. The number of hydrogen-bond acceptors (Lipinski definition) is 6. The van der Waals surface area contributed by atoms with E-state index in [0.717, 1.165) is 31.9 Å². The lowest BCUT2D eigenvalue weighted by Gasteiger charge is -2.35. The molecule has 1 heterocycles. The maximum Gasteiger partial charge on any atom is 0.203 e. The Kier molecular flexibility index (Phi) is 6.89. The van der Waals surface area contributed by atoms with E-state index in [1.54, 1.807) is 21.3 Å². The van der Waals surface area contributed by atoms with Gasteiger partial charge in [-0.25, -0.2) is 0 Å². The first kappa shape index (κ1) is 18.6. The molecule has 1 aromatic carbocycles. The number of anilines is 1. The lowest BCUT2D eigenvalue weighted by Crippen LogP contribution is -2.50. The Hall–Kier alpha value is -1.77. The highest BCUT2D eigenvalue weighted by Crippen LogP contribution is 2.39. The number of nitrogens with one attached hydrogen (secondary N) is 1. The van der Waals surface area contributed by atoms with Gasteiger partial charge in [-0.15, -0.1) is 0 Å². The summed E-state index contributed by atoms with van der Waals surface area (Å²) in [5, 5.41) is 12.9. The third-order valence-corrected chi connectivity index (χ3v) is 4.35.